The largest absolute Gasteiger partial charge is 0.521 e. The van der Waals surface area contributed by atoms with Crippen LogP contribution < -0.4 is 10.9 Å². The summed E-state index contributed by atoms with van der Waals surface area (Å²) in [4.78, 5) is 0. The zero-order valence-electron chi connectivity index (χ0n) is 15.7. The lowest BCUT2D eigenvalue weighted by molar-refractivity contribution is -0.808. The van der Waals surface area contributed by atoms with Crippen molar-refractivity contribution in [2.24, 2.45) is 0 Å². The molecule has 0 bridgehead atoms. The number of hydrogen-bond donors (Lipinski definition) is 0. The van der Waals surface area contributed by atoms with E-state index in [1.807, 2.05) is 0 Å². The maximum Gasteiger partial charge on any atom is 0.392 e. The summed E-state index contributed by atoms with van der Waals surface area (Å²) in [6, 6.07) is 32.4. The van der Waals surface area contributed by atoms with E-state index < -0.39 is 6.48 Å². The van der Waals surface area contributed by atoms with Gasteiger partial charge in [0.05, 0.1) is 12.1 Å². The number of hydrogen-bond acceptors (Lipinski definition) is 1. The van der Waals surface area contributed by atoms with Crippen molar-refractivity contribution in [1.82, 2.24) is 0 Å². The molecule has 0 aromatic heterocycles. The molecule has 0 aliphatic carbocycles. The van der Waals surface area contributed by atoms with Crippen molar-refractivity contribution in [1.29, 1.82) is 0 Å². The third-order valence-corrected chi connectivity index (χ3v) is 6.40. The average Bonchev–Trinajstić information content (AvgIpc) is 2.91. The minimum Gasteiger partial charge on any atom is -0.521 e. The predicted molar refractivity (Wildman–Crippen MR) is 110 cm³/mol. The number of quaternary nitrogens is 1. The molecule has 3 heteroatoms. The topological polar surface area (TPSA) is 9.23 Å². The van der Waals surface area contributed by atoms with Gasteiger partial charge in [0.1, 0.15) is 0 Å². The van der Waals surface area contributed by atoms with Crippen molar-refractivity contribution in [3.63, 3.8) is 0 Å². The van der Waals surface area contributed by atoms with Crippen LogP contribution in [0.2, 0.25) is 0 Å². The van der Waals surface area contributed by atoms with Crippen molar-refractivity contribution in [2.45, 2.75) is 19.1 Å². The fourth-order valence-electron chi connectivity index (χ4n) is 4.71. The van der Waals surface area contributed by atoms with Crippen LogP contribution in [0.15, 0.2) is 91.0 Å². The van der Waals surface area contributed by atoms with Crippen molar-refractivity contribution in [3.05, 3.63) is 96.6 Å². The summed E-state index contributed by atoms with van der Waals surface area (Å²) in [5.41, 5.74) is 3.77. The quantitative estimate of drug-likeness (QED) is 0.662. The zero-order chi connectivity index (χ0) is 18.2. The van der Waals surface area contributed by atoms with Crippen LogP contribution in [0.4, 0.5) is 0 Å². The number of rotatable bonds is 3. The Morgan fingerprint density at radius 1 is 0.692 bits per heavy atom. The molecule has 0 saturated carbocycles. The highest BCUT2D eigenvalue weighted by atomic mass is 16.5. The molecule has 1 fully saturated rings. The third kappa shape index (κ3) is 2.43. The first-order valence-corrected chi connectivity index (χ1v) is 9.39. The van der Waals surface area contributed by atoms with E-state index >= 15 is 0 Å². The van der Waals surface area contributed by atoms with Gasteiger partial charge in [-0.3, -0.25) is 0 Å². The van der Waals surface area contributed by atoms with Gasteiger partial charge in [0.15, 0.2) is 0 Å². The fourth-order valence-corrected chi connectivity index (χ4v) is 4.71. The van der Waals surface area contributed by atoms with E-state index in [1.165, 1.54) is 16.5 Å². The van der Waals surface area contributed by atoms with Crippen LogP contribution in [0.1, 0.15) is 18.6 Å². The van der Waals surface area contributed by atoms with Crippen LogP contribution in [0.3, 0.4) is 0 Å². The maximum atomic E-state index is 7.07. The lowest BCUT2D eigenvalue weighted by atomic mass is 9.39. The third-order valence-electron chi connectivity index (χ3n) is 6.40. The van der Waals surface area contributed by atoms with Gasteiger partial charge in [0.2, 0.25) is 0 Å². The number of likely N-dealkylation sites (N-methyl/N-ethyl adjacent to an activating group) is 1. The van der Waals surface area contributed by atoms with Crippen LogP contribution in [0.5, 0.6) is 0 Å². The molecular formula is C23H26BNO. The number of nitrogens with zero attached hydrogens (tertiary/aromatic N) is 1. The van der Waals surface area contributed by atoms with Gasteiger partial charge in [-0.25, -0.2) is 0 Å². The molecule has 2 nitrogen and oxygen atoms in total. The first-order valence-electron chi connectivity index (χ1n) is 9.39. The van der Waals surface area contributed by atoms with Crippen molar-refractivity contribution in [2.75, 3.05) is 14.1 Å². The molecule has 1 aliphatic heterocycles. The Morgan fingerprint density at radius 3 is 1.58 bits per heavy atom. The molecule has 0 spiro atoms. The number of benzene rings is 3. The second-order valence-corrected chi connectivity index (χ2v) is 7.90. The van der Waals surface area contributed by atoms with Gasteiger partial charge in [0.25, 0.3) is 0 Å². The molecule has 2 atom stereocenters. The molecule has 1 aliphatic rings. The second kappa shape index (κ2) is 6.42. The van der Waals surface area contributed by atoms with E-state index in [-0.39, 0.29) is 6.10 Å². The molecular weight excluding hydrogens is 317 g/mol. The van der Waals surface area contributed by atoms with Crippen LogP contribution in [0.25, 0.3) is 0 Å². The summed E-state index contributed by atoms with van der Waals surface area (Å²) in [7, 11) is 4.63. The Hall–Kier alpha value is -2.36. The molecule has 26 heavy (non-hydrogen) atoms. The molecule has 0 radical (unpaired) electrons. The molecule has 0 N–H and O–H groups in total. The molecule has 0 unspecified atom stereocenters. The van der Waals surface area contributed by atoms with Gasteiger partial charge in [0, 0.05) is 14.1 Å². The van der Waals surface area contributed by atoms with Crippen LogP contribution in [-0.2, 0) is 4.65 Å². The van der Waals surface area contributed by atoms with Crippen LogP contribution in [0, 0.1) is 0 Å². The van der Waals surface area contributed by atoms with E-state index in [1.54, 1.807) is 0 Å². The van der Waals surface area contributed by atoms with Crippen molar-refractivity contribution < 1.29 is 9.05 Å². The van der Waals surface area contributed by atoms with E-state index in [9.17, 15) is 0 Å². The Morgan fingerprint density at radius 2 is 1.12 bits per heavy atom. The fraction of sp³-hybridized carbons (Fsp3) is 0.217. The predicted octanol–water partition coefficient (Wildman–Crippen LogP) is 3.48. The van der Waals surface area contributed by atoms with E-state index in [4.69, 9.17) is 4.65 Å². The van der Waals surface area contributed by atoms with E-state index in [0.717, 1.165) is 4.39 Å². The summed E-state index contributed by atoms with van der Waals surface area (Å²) in [6.07, 6.45) is 0.0617. The SMILES string of the molecule is C[C@H]1[C@@H](c2ccccc2)O[B-](c2ccccc2)(c2ccccc2)[N+]1(C)C. The zero-order valence-corrected chi connectivity index (χ0v) is 15.7. The van der Waals surface area contributed by atoms with Crippen LogP contribution >= 0.6 is 0 Å². The van der Waals surface area contributed by atoms with Gasteiger partial charge >= 0.3 is 6.48 Å². The molecule has 1 heterocycles. The van der Waals surface area contributed by atoms with Crippen LogP contribution in [-0.4, -0.2) is 31.0 Å². The highest BCUT2D eigenvalue weighted by Gasteiger charge is 2.57. The summed E-state index contributed by atoms with van der Waals surface area (Å²) in [5.74, 6) is 0. The monoisotopic (exact) mass is 343 g/mol. The molecule has 4 rings (SSSR count). The summed E-state index contributed by atoms with van der Waals surface area (Å²) < 4.78 is 7.87. The minimum atomic E-state index is -1.41. The molecule has 3 aromatic carbocycles. The van der Waals surface area contributed by atoms with E-state index in [0.29, 0.717) is 6.04 Å². The highest BCUT2D eigenvalue weighted by molar-refractivity contribution is 6.92. The smallest absolute Gasteiger partial charge is 0.392 e. The lowest BCUT2D eigenvalue weighted by Crippen LogP contribution is -2.76. The Bertz CT molecular complexity index is 825. The molecule has 1 saturated heterocycles. The molecule has 0 amide bonds. The van der Waals surface area contributed by atoms with Gasteiger partial charge < -0.3 is 9.05 Å². The average molecular weight is 343 g/mol. The Balaban J connectivity index is 1.94. The normalized spacial score (nSPS) is 23.7. The summed E-state index contributed by atoms with van der Waals surface area (Å²) in [6.45, 7) is 0.898. The molecule has 132 valence electrons. The van der Waals surface area contributed by atoms with Gasteiger partial charge in [-0.15, -0.1) is 10.9 Å². The minimum absolute atomic E-state index is 0.0617. The molecule has 3 aromatic rings. The first kappa shape index (κ1) is 17.1. The van der Waals surface area contributed by atoms with Gasteiger partial charge in [-0.05, 0) is 12.5 Å². The summed E-state index contributed by atoms with van der Waals surface area (Å²) in [5, 5.41) is 0. The Labute approximate surface area is 156 Å². The van der Waals surface area contributed by atoms with Gasteiger partial charge in [-0.2, -0.15) is 0 Å². The van der Waals surface area contributed by atoms with E-state index in [2.05, 4.69) is 112 Å². The highest BCUT2D eigenvalue weighted by Crippen LogP contribution is 2.41. The van der Waals surface area contributed by atoms with Gasteiger partial charge in [-0.1, -0.05) is 91.0 Å². The standard InChI is InChI=1S/C23H26BNO/c1-19-23(20-13-7-4-8-14-20)26-24(25(19,2)3,21-15-9-5-10-16-21)22-17-11-6-12-18-22/h4-19,23H,1-3H3/t19-,23-/m0/s1. The maximum absolute atomic E-state index is 7.07. The Kier molecular flexibility index (Phi) is 4.22. The lowest BCUT2D eigenvalue weighted by Gasteiger charge is -2.51. The summed E-state index contributed by atoms with van der Waals surface area (Å²) >= 11 is 0. The first-order chi connectivity index (χ1) is 12.6. The second-order valence-electron chi connectivity index (χ2n) is 7.90. The van der Waals surface area contributed by atoms with Crippen molar-refractivity contribution >= 4 is 17.4 Å². The van der Waals surface area contributed by atoms with Crippen molar-refractivity contribution in [3.8, 4) is 0 Å².